The molecule has 3 heteroatoms. The molecule has 2 bridgehead atoms. The number of methoxy groups -OCH3 is 1. The molecule has 0 spiro atoms. The molecule has 3 nitrogen and oxygen atoms in total. The van der Waals surface area contributed by atoms with Crippen LogP contribution in [-0.4, -0.2) is 36.8 Å². The van der Waals surface area contributed by atoms with E-state index in [0.717, 1.165) is 44.2 Å². The lowest BCUT2D eigenvalue weighted by Gasteiger charge is -2.50. The summed E-state index contributed by atoms with van der Waals surface area (Å²) in [6.45, 7) is 7.38. The largest absolute Gasteiger partial charge is 0.504 e. The van der Waals surface area contributed by atoms with Crippen molar-refractivity contribution in [1.82, 2.24) is 4.90 Å². The van der Waals surface area contributed by atoms with E-state index in [-0.39, 0.29) is 5.41 Å². The van der Waals surface area contributed by atoms with Crippen molar-refractivity contribution in [3.63, 3.8) is 0 Å². The monoisotopic (exact) mass is 315 g/mol. The average Bonchev–Trinajstić information content (AvgIpc) is 2.62. The number of allylic oxidation sites excluding steroid dienone is 1. The van der Waals surface area contributed by atoms with E-state index in [1.54, 1.807) is 7.11 Å². The summed E-state index contributed by atoms with van der Waals surface area (Å²) in [5.41, 5.74) is 2.48. The van der Waals surface area contributed by atoms with Gasteiger partial charge < -0.3 is 14.7 Å². The SMILES string of the molecule is C=CCCC12CCN(C)C(CCc3ccc(OC)c(O)c31)C2C. The molecule has 3 atom stereocenters. The summed E-state index contributed by atoms with van der Waals surface area (Å²) in [7, 11) is 3.88. The number of aryl methyl sites for hydroxylation is 1. The number of ether oxygens (including phenoxy) is 1. The Hall–Kier alpha value is -1.48. The zero-order chi connectivity index (χ0) is 16.6. The molecule has 3 unspecified atom stereocenters. The summed E-state index contributed by atoms with van der Waals surface area (Å²) >= 11 is 0. The first kappa shape index (κ1) is 16.4. The Labute approximate surface area is 140 Å². The molecule has 1 N–H and O–H groups in total. The van der Waals surface area contributed by atoms with E-state index in [4.69, 9.17) is 4.74 Å². The Kier molecular flexibility index (Phi) is 4.41. The van der Waals surface area contributed by atoms with Crippen molar-refractivity contribution in [3.05, 3.63) is 35.9 Å². The van der Waals surface area contributed by atoms with E-state index in [1.165, 1.54) is 5.56 Å². The smallest absolute Gasteiger partial charge is 0.161 e. The molecule has 126 valence electrons. The van der Waals surface area contributed by atoms with Crippen LogP contribution >= 0.6 is 0 Å². The van der Waals surface area contributed by atoms with Gasteiger partial charge in [-0.2, -0.15) is 0 Å². The van der Waals surface area contributed by atoms with Gasteiger partial charge in [-0.3, -0.25) is 0 Å². The third-order valence-electron chi connectivity index (χ3n) is 6.37. The fraction of sp³-hybridized carbons (Fsp3) is 0.600. The van der Waals surface area contributed by atoms with Crippen molar-refractivity contribution < 1.29 is 9.84 Å². The molecule has 1 aromatic rings. The number of aromatic hydroxyl groups is 1. The van der Waals surface area contributed by atoms with Crippen molar-refractivity contribution >= 4 is 0 Å². The van der Waals surface area contributed by atoms with Crippen LogP contribution in [0.1, 0.15) is 43.7 Å². The number of phenolic OH excluding ortho intramolecular Hbond substituents is 1. The Morgan fingerprint density at radius 3 is 2.96 bits per heavy atom. The number of hydrogen-bond donors (Lipinski definition) is 1. The number of nitrogens with zero attached hydrogens (tertiary/aromatic N) is 1. The van der Waals surface area contributed by atoms with Crippen molar-refractivity contribution in [3.8, 4) is 11.5 Å². The molecule has 0 saturated carbocycles. The van der Waals surface area contributed by atoms with Crippen molar-refractivity contribution in [2.45, 2.75) is 50.5 Å². The third-order valence-corrected chi connectivity index (χ3v) is 6.37. The van der Waals surface area contributed by atoms with Crippen LogP contribution in [0.2, 0.25) is 0 Å². The molecule has 1 heterocycles. The molecule has 23 heavy (non-hydrogen) atoms. The number of phenols is 1. The highest BCUT2D eigenvalue weighted by atomic mass is 16.5. The van der Waals surface area contributed by atoms with Crippen molar-refractivity contribution in [1.29, 1.82) is 0 Å². The first-order valence-electron chi connectivity index (χ1n) is 8.75. The minimum absolute atomic E-state index is 0.0236. The highest BCUT2D eigenvalue weighted by molar-refractivity contribution is 5.55. The average molecular weight is 315 g/mol. The van der Waals surface area contributed by atoms with Crippen molar-refractivity contribution in [2.75, 3.05) is 20.7 Å². The maximum Gasteiger partial charge on any atom is 0.161 e. The Morgan fingerprint density at radius 1 is 1.48 bits per heavy atom. The molecule has 3 rings (SSSR count). The zero-order valence-electron chi connectivity index (χ0n) is 14.6. The fourth-order valence-corrected chi connectivity index (χ4v) is 5.03. The van der Waals surface area contributed by atoms with Crippen LogP contribution in [0.3, 0.4) is 0 Å². The van der Waals surface area contributed by atoms with Gasteiger partial charge in [-0.05, 0) is 63.2 Å². The molecule has 0 radical (unpaired) electrons. The van der Waals surface area contributed by atoms with Gasteiger partial charge >= 0.3 is 0 Å². The van der Waals surface area contributed by atoms with Gasteiger partial charge in [0.15, 0.2) is 11.5 Å². The molecule has 0 amide bonds. The normalized spacial score (nSPS) is 30.4. The van der Waals surface area contributed by atoms with Crippen LogP contribution in [0.15, 0.2) is 24.8 Å². The van der Waals surface area contributed by atoms with Gasteiger partial charge in [0, 0.05) is 17.0 Å². The van der Waals surface area contributed by atoms with Crippen LogP contribution in [0, 0.1) is 5.92 Å². The van der Waals surface area contributed by atoms with E-state index in [9.17, 15) is 5.11 Å². The molecular weight excluding hydrogens is 286 g/mol. The fourth-order valence-electron chi connectivity index (χ4n) is 5.03. The van der Waals surface area contributed by atoms with Crippen LogP contribution in [0.4, 0.5) is 0 Å². The third kappa shape index (κ3) is 2.46. The van der Waals surface area contributed by atoms with Gasteiger partial charge in [0.25, 0.3) is 0 Å². The van der Waals surface area contributed by atoms with Crippen LogP contribution < -0.4 is 4.74 Å². The summed E-state index contributed by atoms with van der Waals surface area (Å²) in [5.74, 6) is 1.48. The highest BCUT2D eigenvalue weighted by Crippen LogP contribution is 2.54. The summed E-state index contributed by atoms with van der Waals surface area (Å²) in [6.07, 6.45) is 7.32. The summed E-state index contributed by atoms with van der Waals surface area (Å²) in [6, 6.07) is 4.65. The molecule has 2 aliphatic rings. The van der Waals surface area contributed by atoms with Crippen molar-refractivity contribution in [2.24, 2.45) is 5.92 Å². The summed E-state index contributed by atoms with van der Waals surface area (Å²) < 4.78 is 5.41. The first-order chi connectivity index (χ1) is 11.0. The Balaban J connectivity index is 2.20. The maximum absolute atomic E-state index is 11.0. The lowest BCUT2D eigenvalue weighted by Crippen LogP contribution is -2.53. The first-order valence-corrected chi connectivity index (χ1v) is 8.75. The number of benzene rings is 1. The van der Waals surface area contributed by atoms with Crippen LogP contribution in [0.5, 0.6) is 11.5 Å². The second-order valence-electron chi connectivity index (χ2n) is 7.26. The summed E-state index contributed by atoms with van der Waals surface area (Å²) in [5, 5.41) is 11.0. The molecule has 0 aromatic heterocycles. The highest BCUT2D eigenvalue weighted by Gasteiger charge is 2.49. The number of fused-ring (bicyclic) bond motifs is 4. The molecule has 1 aromatic carbocycles. The molecule has 1 aliphatic heterocycles. The standard InChI is InChI=1S/C20H29NO2/c1-5-6-11-20-12-13-21(3)16(14(20)2)9-7-15-8-10-17(23-4)19(22)18(15)20/h5,8,10,14,16,22H,1,6-7,9,11-13H2,2-4H3. The van der Waals surface area contributed by atoms with Crippen LogP contribution in [0.25, 0.3) is 0 Å². The van der Waals surface area contributed by atoms with E-state index in [2.05, 4.69) is 31.5 Å². The minimum atomic E-state index is 0.0236. The Bertz CT molecular complexity index is 598. The molecule has 1 saturated heterocycles. The lowest BCUT2D eigenvalue weighted by atomic mass is 9.61. The summed E-state index contributed by atoms with van der Waals surface area (Å²) in [4.78, 5) is 2.51. The van der Waals surface area contributed by atoms with Gasteiger partial charge in [0.1, 0.15) is 0 Å². The van der Waals surface area contributed by atoms with E-state index < -0.39 is 0 Å². The van der Waals surface area contributed by atoms with Gasteiger partial charge in [-0.1, -0.05) is 19.1 Å². The number of piperidine rings is 1. The van der Waals surface area contributed by atoms with E-state index in [0.29, 0.717) is 23.5 Å². The topological polar surface area (TPSA) is 32.7 Å². The second kappa shape index (κ2) is 6.20. The molecule has 1 fully saturated rings. The Morgan fingerprint density at radius 2 is 2.26 bits per heavy atom. The van der Waals surface area contributed by atoms with Gasteiger partial charge in [0.05, 0.1) is 7.11 Å². The number of rotatable bonds is 4. The number of likely N-dealkylation sites (tertiary alicyclic amines) is 1. The zero-order valence-corrected chi connectivity index (χ0v) is 14.6. The predicted molar refractivity (Wildman–Crippen MR) is 94.3 cm³/mol. The van der Waals surface area contributed by atoms with Crippen LogP contribution in [-0.2, 0) is 11.8 Å². The number of hydrogen-bond acceptors (Lipinski definition) is 3. The molecular formula is C20H29NO2. The maximum atomic E-state index is 11.0. The van der Waals surface area contributed by atoms with Gasteiger partial charge in [-0.25, -0.2) is 0 Å². The quantitative estimate of drug-likeness (QED) is 0.856. The van der Waals surface area contributed by atoms with Gasteiger partial charge in [0.2, 0.25) is 0 Å². The van der Waals surface area contributed by atoms with E-state index in [1.807, 2.05) is 12.1 Å². The molecule has 1 aliphatic carbocycles. The minimum Gasteiger partial charge on any atom is -0.504 e. The lowest BCUT2D eigenvalue weighted by molar-refractivity contribution is 0.0485. The van der Waals surface area contributed by atoms with E-state index >= 15 is 0 Å². The second-order valence-corrected chi connectivity index (χ2v) is 7.26. The predicted octanol–water partition coefficient (Wildman–Crippen LogP) is 3.89. The van der Waals surface area contributed by atoms with Gasteiger partial charge in [-0.15, -0.1) is 6.58 Å².